The van der Waals surface area contributed by atoms with Gasteiger partial charge in [0.05, 0.1) is 10.0 Å². The van der Waals surface area contributed by atoms with Crippen molar-refractivity contribution in [2.75, 3.05) is 5.32 Å². The third-order valence-corrected chi connectivity index (χ3v) is 4.90. The molecule has 140 valence electrons. The van der Waals surface area contributed by atoms with Gasteiger partial charge in [0.25, 0.3) is 0 Å². The van der Waals surface area contributed by atoms with Crippen molar-refractivity contribution < 1.29 is 9.13 Å². The molecule has 0 aliphatic heterocycles. The van der Waals surface area contributed by atoms with Gasteiger partial charge >= 0.3 is 0 Å². The maximum absolute atomic E-state index is 13.3. The van der Waals surface area contributed by atoms with Gasteiger partial charge < -0.3 is 10.1 Å². The number of hydrogen-bond donors (Lipinski definition) is 1. The molecule has 0 saturated heterocycles. The van der Waals surface area contributed by atoms with Gasteiger partial charge in [-0.25, -0.2) is 4.39 Å². The molecular weight excluding hydrogens is 384 g/mol. The predicted octanol–water partition coefficient (Wildman–Crippen LogP) is 6.94. The zero-order valence-corrected chi connectivity index (χ0v) is 16.7. The van der Waals surface area contributed by atoms with Crippen LogP contribution in [0.15, 0.2) is 54.6 Å². The highest BCUT2D eigenvalue weighted by Crippen LogP contribution is 2.35. The maximum Gasteiger partial charge on any atom is 0.156 e. The Bertz CT molecular complexity index is 936. The summed E-state index contributed by atoms with van der Waals surface area (Å²) in [7, 11) is 0. The van der Waals surface area contributed by atoms with Crippen molar-refractivity contribution in [3.8, 4) is 5.75 Å². The van der Waals surface area contributed by atoms with Gasteiger partial charge in [0, 0.05) is 12.2 Å². The van der Waals surface area contributed by atoms with E-state index in [1.165, 1.54) is 23.3 Å². The van der Waals surface area contributed by atoms with Gasteiger partial charge in [0.2, 0.25) is 0 Å². The van der Waals surface area contributed by atoms with Gasteiger partial charge in [-0.1, -0.05) is 41.4 Å². The summed E-state index contributed by atoms with van der Waals surface area (Å²) in [4.78, 5) is 0. The first-order valence-corrected chi connectivity index (χ1v) is 9.34. The number of hydrogen-bond acceptors (Lipinski definition) is 2. The molecule has 5 heteroatoms. The van der Waals surface area contributed by atoms with Crippen LogP contribution in [-0.2, 0) is 13.2 Å². The van der Waals surface area contributed by atoms with Crippen molar-refractivity contribution in [2.45, 2.75) is 27.0 Å². The quantitative estimate of drug-likeness (QED) is 0.481. The summed E-state index contributed by atoms with van der Waals surface area (Å²) >= 11 is 12.7. The Kier molecular flexibility index (Phi) is 6.25. The first-order chi connectivity index (χ1) is 12.9. The third kappa shape index (κ3) is 5.15. The molecule has 0 radical (unpaired) electrons. The SMILES string of the molecule is Cc1ccc(NCc2cc(Cl)c(OCc3cccc(F)c3)c(Cl)c2)cc1C. The molecule has 1 N–H and O–H groups in total. The lowest BCUT2D eigenvalue weighted by molar-refractivity contribution is 0.306. The van der Waals surface area contributed by atoms with Crippen LogP contribution < -0.4 is 10.1 Å². The molecule has 3 rings (SSSR count). The molecule has 0 bridgehead atoms. The second-order valence-corrected chi connectivity index (χ2v) is 7.27. The number of nitrogens with one attached hydrogen (secondary N) is 1. The molecule has 0 aliphatic carbocycles. The number of aryl methyl sites for hydroxylation is 2. The predicted molar refractivity (Wildman–Crippen MR) is 110 cm³/mol. The van der Waals surface area contributed by atoms with E-state index < -0.39 is 0 Å². The maximum atomic E-state index is 13.3. The Morgan fingerprint density at radius 1 is 0.889 bits per heavy atom. The van der Waals surface area contributed by atoms with Gasteiger partial charge in [-0.05, 0) is 72.5 Å². The minimum absolute atomic E-state index is 0.192. The second-order valence-electron chi connectivity index (χ2n) is 6.46. The molecule has 0 amide bonds. The van der Waals surface area contributed by atoms with E-state index in [0.717, 1.165) is 11.3 Å². The summed E-state index contributed by atoms with van der Waals surface area (Å²) < 4.78 is 19.0. The van der Waals surface area contributed by atoms with Gasteiger partial charge in [0.1, 0.15) is 12.4 Å². The topological polar surface area (TPSA) is 21.3 Å². The number of rotatable bonds is 6. The highest BCUT2D eigenvalue weighted by Gasteiger charge is 2.11. The molecule has 0 fully saturated rings. The minimum Gasteiger partial charge on any atom is -0.486 e. The number of benzene rings is 3. The zero-order chi connectivity index (χ0) is 19.4. The molecule has 2 nitrogen and oxygen atoms in total. The molecule has 3 aromatic carbocycles. The first-order valence-electron chi connectivity index (χ1n) is 8.58. The van der Waals surface area contributed by atoms with Crippen molar-refractivity contribution in [1.82, 2.24) is 0 Å². The van der Waals surface area contributed by atoms with Crippen molar-refractivity contribution in [3.63, 3.8) is 0 Å². The lowest BCUT2D eigenvalue weighted by Crippen LogP contribution is -2.02. The summed E-state index contributed by atoms with van der Waals surface area (Å²) in [6.45, 7) is 4.95. The largest absolute Gasteiger partial charge is 0.486 e. The van der Waals surface area contributed by atoms with Crippen LogP contribution in [0.4, 0.5) is 10.1 Å². The van der Waals surface area contributed by atoms with Crippen LogP contribution in [-0.4, -0.2) is 0 Å². The van der Waals surface area contributed by atoms with Crippen LogP contribution in [0.3, 0.4) is 0 Å². The molecular formula is C22H20Cl2FNO. The third-order valence-electron chi connectivity index (χ3n) is 4.33. The van der Waals surface area contributed by atoms with Gasteiger partial charge in [-0.2, -0.15) is 0 Å². The van der Waals surface area contributed by atoms with Crippen molar-refractivity contribution in [1.29, 1.82) is 0 Å². The average Bonchev–Trinajstić information content (AvgIpc) is 2.62. The monoisotopic (exact) mass is 403 g/mol. The van der Waals surface area contributed by atoms with E-state index in [9.17, 15) is 4.39 Å². The molecule has 0 saturated carbocycles. The van der Waals surface area contributed by atoms with E-state index in [4.69, 9.17) is 27.9 Å². The Morgan fingerprint density at radius 3 is 2.30 bits per heavy atom. The van der Waals surface area contributed by atoms with Gasteiger partial charge in [-0.15, -0.1) is 0 Å². The van der Waals surface area contributed by atoms with Crippen molar-refractivity contribution >= 4 is 28.9 Å². The molecule has 3 aromatic rings. The van der Waals surface area contributed by atoms with Gasteiger partial charge in [0.15, 0.2) is 5.75 Å². The number of halogens is 3. The fourth-order valence-corrected chi connectivity index (χ4v) is 3.33. The molecule has 0 atom stereocenters. The summed E-state index contributed by atoms with van der Waals surface area (Å²) in [5.74, 6) is 0.0959. The van der Waals surface area contributed by atoms with Crippen molar-refractivity contribution in [3.05, 3.63) is 92.7 Å². The molecule has 0 unspecified atom stereocenters. The zero-order valence-electron chi connectivity index (χ0n) is 15.2. The van der Waals surface area contributed by atoms with E-state index in [0.29, 0.717) is 27.9 Å². The second kappa shape index (κ2) is 8.64. The summed E-state index contributed by atoms with van der Waals surface area (Å²) in [5, 5.41) is 4.22. The Labute approximate surface area is 168 Å². The smallest absolute Gasteiger partial charge is 0.156 e. The standard InChI is InChI=1S/C22H20Cl2FNO/c1-14-6-7-19(8-15(14)2)26-12-17-10-20(23)22(21(24)11-17)27-13-16-4-3-5-18(25)9-16/h3-11,26H,12-13H2,1-2H3. The molecule has 0 aromatic heterocycles. The van der Waals surface area contributed by atoms with E-state index in [-0.39, 0.29) is 12.4 Å². The molecule has 0 aliphatic rings. The van der Waals surface area contributed by atoms with E-state index in [1.54, 1.807) is 12.1 Å². The number of anilines is 1. The fourth-order valence-electron chi connectivity index (χ4n) is 2.69. The highest BCUT2D eigenvalue weighted by atomic mass is 35.5. The minimum atomic E-state index is -0.305. The fraction of sp³-hybridized carbons (Fsp3) is 0.182. The highest BCUT2D eigenvalue weighted by molar-refractivity contribution is 6.37. The van der Waals surface area contributed by atoms with E-state index in [1.807, 2.05) is 18.2 Å². The van der Waals surface area contributed by atoms with Crippen molar-refractivity contribution in [2.24, 2.45) is 0 Å². The molecule has 0 spiro atoms. The van der Waals surface area contributed by atoms with E-state index in [2.05, 4.69) is 31.3 Å². The van der Waals surface area contributed by atoms with E-state index >= 15 is 0 Å². The Morgan fingerprint density at radius 2 is 1.63 bits per heavy atom. The van der Waals surface area contributed by atoms with Crippen LogP contribution in [0.1, 0.15) is 22.3 Å². The van der Waals surface area contributed by atoms with Crippen LogP contribution >= 0.6 is 23.2 Å². The van der Waals surface area contributed by atoms with Crippen LogP contribution in [0.5, 0.6) is 5.75 Å². The summed E-state index contributed by atoms with van der Waals surface area (Å²) in [5.41, 5.74) is 5.18. The van der Waals surface area contributed by atoms with Crippen LogP contribution in [0.25, 0.3) is 0 Å². The lowest BCUT2D eigenvalue weighted by atomic mass is 10.1. The van der Waals surface area contributed by atoms with Crippen LogP contribution in [0.2, 0.25) is 10.0 Å². The normalized spacial score (nSPS) is 10.7. The summed E-state index contributed by atoms with van der Waals surface area (Å²) in [6, 6.07) is 16.1. The van der Waals surface area contributed by atoms with Crippen LogP contribution in [0, 0.1) is 19.7 Å². The average molecular weight is 404 g/mol. The number of ether oxygens (including phenoxy) is 1. The molecule has 0 heterocycles. The van der Waals surface area contributed by atoms with Gasteiger partial charge in [-0.3, -0.25) is 0 Å². The Balaban J connectivity index is 1.67. The Hall–Kier alpha value is -2.23. The summed E-state index contributed by atoms with van der Waals surface area (Å²) in [6.07, 6.45) is 0. The molecule has 27 heavy (non-hydrogen) atoms. The first kappa shape index (κ1) is 19.5. The lowest BCUT2D eigenvalue weighted by Gasteiger charge is -2.13.